The third-order valence-corrected chi connectivity index (χ3v) is 1.02. The fourth-order valence-corrected chi connectivity index (χ4v) is 0.534. The van der Waals surface area contributed by atoms with E-state index in [0.717, 1.165) is 0 Å². The number of carboxylic acids is 3. The Morgan fingerprint density at radius 3 is 2.07 bits per heavy atom. The van der Waals surface area contributed by atoms with Crippen molar-refractivity contribution in [3.8, 4) is 0 Å². The summed E-state index contributed by atoms with van der Waals surface area (Å²) in [7, 11) is 0. The number of aliphatic carboxylic acids is 3. The average molecular weight is 255 g/mol. The first kappa shape index (κ1) is 15.5. The van der Waals surface area contributed by atoms with E-state index in [1.807, 2.05) is 0 Å². The van der Waals surface area contributed by atoms with Crippen LogP contribution in [0.1, 0.15) is 6.42 Å². The maximum Gasteiger partial charge on any atom is 2.00 e. The standard InChI is InChI=1S/C6H8O7.Zn/c7-4(8)1-3(6(11)12)13-2-5(9)10;/h3H,1-2H2,(H,7,8)(H,9,10)(H,11,12);/q;+2/p-2. The molecule has 0 saturated heterocycles. The molecule has 0 radical (unpaired) electrons. The van der Waals surface area contributed by atoms with Gasteiger partial charge in [-0.25, -0.2) is 4.79 Å². The third kappa shape index (κ3) is 7.63. The molecule has 7 nitrogen and oxygen atoms in total. The summed E-state index contributed by atoms with van der Waals surface area (Å²) in [5.74, 6) is -4.84. The van der Waals surface area contributed by atoms with Gasteiger partial charge < -0.3 is 29.6 Å². The fraction of sp³-hybridized carbons (Fsp3) is 0.500. The molecule has 8 heteroatoms. The molecule has 0 spiro atoms. The number of ether oxygens (including phenoxy) is 1. The summed E-state index contributed by atoms with van der Waals surface area (Å²) in [4.78, 5) is 30.0. The number of carbonyl (C=O) groups is 3. The van der Waals surface area contributed by atoms with Gasteiger partial charge in [-0.15, -0.1) is 0 Å². The van der Waals surface area contributed by atoms with E-state index >= 15 is 0 Å². The second-order valence-electron chi connectivity index (χ2n) is 2.09. The van der Waals surface area contributed by atoms with Crippen LogP contribution in [0, 0.1) is 0 Å². The quantitative estimate of drug-likeness (QED) is 0.485. The van der Waals surface area contributed by atoms with Gasteiger partial charge in [0.2, 0.25) is 0 Å². The molecule has 0 aromatic carbocycles. The summed E-state index contributed by atoms with van der Waals surface area (Å²) in [5.41, 5.74) is 0. The van der Waals surface area contributed by atoms with Gasteiger partial charge in [-0.1, -0.05) is 0 Å². The zero-order valence-corrected chi connectivity index (χ0v) is 10.1. The van der Waals surface area contributed by atoms with Gasteiger partial charge in [0.1, 0.15) is 12.7 Å². The van der Waals surface area contributed by atoms with Crippen molar-refractivity contribution in [1.82, 2.24) is 0 Å². The van der Waals surface area contributed by atoms with E-state index < -0.39 is 37.0 Å². The summed E-state index contributed by atoms with van der Waals surface area (Å²) in [5, 5.41) is 28.1. The molecule has 1 atom stereocenters. The Kier molecular flexibility index (Phi) is 8.18. The molecule has 0 aromatic rings. The molecule has 1 unspecified atom stereocenters. The Balaban J connectivity index is 0. The Bertz CT molecular complexity index is 226. The van der Waals surface area contributed by atoms with Gasteiger partial charge in [-0.3, -0.25) is 0 Å². The molecule has 0 aliphatic rings. The second kappa shape index (κ2) is 7.40. The fourth-order valence-electron chi connectivity index (χ4n) is 0.534. The zero-order chi connectivity index (χ0) is 10.4. The van der Waals surface area contributed by atoms with Crippen LogP contribution in [0.4, 0.5) is 0 Å². The Morgan fingerprint density at radius 1 is 1.29 bits per heavy atom. The topological polar surface area (TPSA) is 127 Å². The maximum absolute atomic E-state index is 10.1. The van der Waals surface area contributed by atoms with Crippen LogP contribution in [0.15, 0.2) is 0 Å². The SMILES string of the molecule is O=C([O-])CC(OCC(=O)O)C(=O)[O-].[Zn+2]. The van der Waals surface area contributed by atoms with Crippen molar-refractivity contribution in [3.05, 3.63) is 0 Å². The van der Waals surface area contributed by atoms with Gasteiger partial charge in [-0.2, -0.15) is 0 Å². The molecular formula is C6H6O7Zn. The van der Waals surface area contributed by atoms with Crippen molar-refractivity contribution in [2.45, 2.75) is 12.5 Å². The van der Waals surface area contributed by atoms with Crippen molar-refractivity contribution >= 4 is 17.9 Å². The van der Waals surface area contributed by atoms with E-state index in [1.165, 1.54) is 0 Å². The first-order valence-corrected chi connectivity index (χ1v) is 3.17. The minimum Gasteiger partial charge on any atom is -0.550 e. The van der Waals surface area contributed by atoms with Gasteiger partial charge in [0.15, 0.2) is 0 Å². The van der Waals surface area contributed by atoms with Crippen LogP contribution in [-0.2, 0) is 38.6 Å². The first-order chi connectivity index (χ1) is 5.93. The number of hydrogen-bond donors (Lipinski definition) is 1. The Hall–Kier alpha value is -1.01. The van der Waals surface area contributed by atoms with Crippen LogP contribution in [0.2, 0.25) is 0 Å². The van der Waals surface area contributed by atoms with Gasteiger partial charge in [0.05, 0.1) is 5.97 Å². The summed E-state index contributed by atoms with van der Waals surface area (Å²) in [6.07, 6.45) is -2.73. The monoisotopic (exact) mass is 254 g/mol. The predicted octanol–water partition coefficient (Wildman–Crippen LogP) is -3.66. The molecule has 74 valence electrons. The van der Waals surface area contributed by atoms with E-state index in [9.17, 15) is 24.6 Å². The van der Waals surface area contributed by atoms with E-state index in [-0.39, 0.29) is 19.5 Å². The molecule has 0 heterocycles. The van der Waals surface area contributed by atoms with Crippen LogP contribution in [0.3, 0.4) is 0 Å². The van der Waals surface area contributed by atoms with E-state index in [1.54, 1.807) is 0 Å². The molecule has 0 aliphatic heterocycles. The summed E-state index contributed by atoms with van der Waals surface area (Å²) in [6, 6.07) is 0. The van der Waals surface area contributed by atoms with Gasteiger partial charge in [0.25, 0.3) is 0 Å². The minimum absolute atomic E-state index is 0. The second-order valence-corrected chi connectivity index (χ2v) is 2.09. The van der Waals surface area contributed by atoms with Crippen molar-refractivity contribution in [2.24, 2.45) is 0 Å². The van der Waals surface area contributed by atoms with Crippen molar-refractivity contribution in [1.29, 1.82) is 0 Å². The van der Waals surface area contributed by atoms with Crippen LogP contribution in [-0.4, -0.2) is 35.7 Å². The molecule has 0 bridgehead atoms. The Morgan fingerprint density at radius 2 is 1.79 bits per heavy atom. The minimum atomic E-state index is -1.79. The molecule has 0 aliphatic carbocycles. The van der Waals surface area contributed by atoms with E-state index in [2.05, 4.69) is 4.74 Å². The molecule has 0 fully saturated rings. The van der Waals surface area contributed by atoms with Crippen LogP contribution < -0.4 is 10.2 Å². The van der Waals surface area contributed by atoms with E-state index in [4.69, 9.17) is 5.11 Å². The van der Waals surface area contributed by atoms with E-state index in [0.29, 0.717) is 0 Å². The van der Waals surface area contributed by atoms with Crippen molar-refractivity contribution < 1.29 is 53.9 Å². The summed E-state index contributed by atoms with van der Waals surface area (Å²) >= 11 is 0. The number of carboxylic acid groups (broad SMARTS) is 3. The van der Waals surface area contributed by atoms with Crippen molar-refractivity contribution in [2.75, 3.05) is 6.61 Å². The van der Waals surface area contributed by atoms with Gasteiger partial charge in [0, 0.05) is 12.4 Å². The maximum atomic E-state index is 10.1. The van der Waals surface area contributed by atoms with Gasteiger partial charge in [-0.05, 0) is 0 Å². The van der Waals surface area contributed by atoms with Gasteiger partial charge >= 0.3 is 25.4 Å². The molecule has 14 heavy (non-hydrogen) atoms. The molecule has 0 saturated carbocycles. The Labute approximate surface area is 91.4 Å². The predicted molar refractivity (Wildman–Crippen MR) is 32.0 cm³/mol. The number of rotatable bonds is 6. The average Bonchev–Trinajstić information content (AvgIpc) is 1.96. The van der Waals surface area contributed by atoms with Crippen LogP contribution in [0.25, 0.3) is 0 Å². The number of hydrogen-bond acceptors (Lipinski definition) is 6. The summed E-state index contributed by atoms with van der Waals surface area (Å²) in [6.45, 7) is -0.897. The molecular weight excluding hydrogens is 249 g/mol. The molecule has 0 amide bonds. The smallest absolute Gasteiger partial charge is 0.550 e. The summed E-state index contributed by atoms with van der Waals surface area (Å²) < 4.78 is 4.19. The normalized spacial score (nSPS) is 11.1. The zero-order valence-electron chi connectivity index (χ0n) is 7.10. The number of carbonyl (C=O) groups excluding carboxylic acids is 2. The van der Waals surface area contributed by atoms with Crippen LogP contribution in [0.5, 0.6) is 0 Å². The largest absolute Gasteiger partial charge is 2.00 e. The van der Waals surface area contributed by atoms with Crippen molar-refractivity contribution in [3.63, 3.8) is 0 Å². The third-order valence-electron chi connectivity index (χ3n) is 1.02. The molecule has 0 rings (SSSR count). The molecule has 1 N–H and O–H groups in total. The first-order valence-electron chi connectivity index (χ1n) is 3.17. The molecule has 0 aromatic heterocycles. The van der Waals surface area contributed by atoms with Crippen LogP contribution >= 0.6 is 0 Å².